The van der Waals surface area contributed by atoms with Crippen molar-refractivity contribution in [3.05, 3.63) is 70.1 Å². The molecule has 0 aliphatic rings. The molecule has 0 unspecified atom stereocenters. The number of nitrogens with one attached hydrogen (secondary N) is 1. The summed E-state index contributed by atoms with van der Waals surface area (Å²) in [6.07, 6.45) is 1.77. The lowest BCUT2D eigenvalue weighted by Gasteiger charge is -2.02. The molecule has 6 heteroatoms. The van der Waals surface area contributed by atoms with Crippen molar-refractivity contribution < 1.29 is 0 Å². The van der Waals surface area contributed by atoms with E-state index in [4.69, 9.17) is 0 Å². The molecular weight excluding hydrogens is 350 g/mol. The Labute approximate surface area is 153 Å². The second-order valence-electron chi connectivity index (χ2n) is 5.65. The fourth-order valence-electron chi connectivity index (χ4n) is 2.76. The molecule has 25 heavy (non-hydrogen) atoms. The van der Waals surface area contributed by atoms with Gasteiger partial charge < -0.3 is 4.98 Å². The molecule has 1 N–H and O–H groups in total. The molecule has 0 saturated heterocycles. The van der Waals surface area contributed by atoms with Crippen molar-refractivity contribution in [3.63, 3.8) is 0 Å². The molecular formula is C19H17N3OS2. The first-order valence-electron chi connectivity index (χ1n) is 8.08. The second-order valence-corrected chi connectivity index (χ2v) is 7.84. The Bertz CT molecular complexity index is 1060. The van der Waals surface area contributed by atoms with Crippen LogP contribution in [0.1, 0.15) is 12.6 Å². The van der Waals surface area contributed by atoms with E-state index in [1.54, 1.807) is 35.4 Å². The highest BCUT2D eigenvalue weighted by atomic mass is 32.2. The molecule has 0 amide bonds. The van der Waals surface area contributed by atoms with Gasteiger partial charge in [0.2, 0.25) is 0 Å². The van der Waals surface area contributed by atoms with E-state index in [1.807, 2.05) is 18.2 Å². The summed E-state index contributed by atoms with van der Waals surface area (Å²) in [5.74, 6) is 1.82. The summed E-state index contributed by atoms with van der Waals surface area (Å²) >= 11 is 3.45. The molecule has 3 aromatic heterocycles. The van der Waals surface area contributed by atoms with Gasteiger partial charge in [-0.15, -0.1) is 11.3 Å². The monoisotopic (exact) mass is 367 g/mol. The Morgan fingerprint density at radius 2 is 2.04 bits per heavy atom. The Morgan fingerprint density at radius 1 is 1.20 bits per heavy atom. The first-order chi connectivity index (χ1) is 12.3. The van der Waals surface area contributed by atoms with Gasteiger partial charge in [-0.25, -0.2) is 0 Å². The van der Waals surface area contributed by atoms with Crippen LogP contribution in [0.3, 0.4) is 0 Å². The van der Waals surface area contributed by atoms with Crippen molar-refractivity contribution in [2.45, 2.75) is 12.7 Å². The van der Waals surface area contributed by atoms with Crippen LogP contribution in [-0.2, 0) is 5.75 Å². The van der Waals surface area contributed by atoms with Crippen LogP contribution >= 0.6 is 23.1 Å². The standard InChI is InChI=1S/C19H17N3OS2/c1-2-24-12-15-9-18(23)22-19(21-15)16(10-20-22)17-8-14(11-25-17)13-6-4-3-5-7-13/h3-11,21H,2,12H2,1H3. The molecule has 0 aliphatic carbocycles. The minimum Gasteiger partial charge on any atom is -0.342 e. The highest BCUT2D eigenvalue weighted by Gasteiger charge is 2.13. The number of thiophene rings is 1. The topological polar surface area (TPSA) is 50.2 Å². The van der Waals surface area contributed by atoms with Gasteiger partial charge in [-0.05, 0) is 28.3 Å². The van der Waals surface area contributed by atoms with Gasteiger partial charge in [-0.2, -0.15) is 21.4 Å². The van der Waals surface area contributed by atoms with E-state index in [0.29, 0.717) is 0 Å². The number of aromatic nitrogens is 3. The molecule has 3 heterocycles. The van der Waals surface area contributed by atoms with Gasteiger partial charge in [0.15, 0.2) is 0 Å². The summed E-state index contributed by atoms with van der Waals surface area (Å²) in [4.78, 5) is 16.8. The highest BCUT2D eigenvalue weighted by Crippen LogP contribution is 2.34. The largest absolute Gasteiger partial charge is 0.342 e. The van der Waals surface area contributed by atoms with Gasteiger partial charge in [0.25, 0.3) is 5.56 Å². The van der Waals surface area contributed by atoms with Crippen LogP contribution < -0.4 is 5.56 Å². The van der Waals surface area contributed by atoms with Gasteiger partial charge in [0.05, 0.1) is 11.8 Å². The van der Waals surface area contributed by atoms with Crippen LogP contribution in [-0.4, -0.2) is 20.4 Å². The van der Waals surface area contributed by atoms with Crippen LogP contribution in [0.25, 0.3) is 27.2 Å². The third-order valence-corrected chi connectivity index (χ3v) is 5.88. The Balaban J connectivity index is 1.78. The van der Waals surface area contributed by atoms with Crippen molar-refractivity contribution >= 4 is 28.7 Å². The summed E-state index contributed by atoms with van der Waals surface area (Å²) in [5, 5.41) is 6.41. The van der Waals surface area contributed by atoms with Crippen LogP contribution in [0.5, 0.6) is 0 Å². The normalized spacial score (nSPS) is 11.2. The Kier molecular flexibility index (Phi) is 4.46. The van der Waals surface area contributed by atoms with E-state index in [0.717, 1.165) is 33.3 Å². The van der Waals surface area contributed by atoms with Crippen LogP contribution in [0.2, 0.25) is 0 Å². The molecule has 4 aromatic rings. The van der Waals surface area contributed by atoms with E-state index < -0.39 is 0 Å². The third-order valence-electron chi connectivity index (χ3n) is 3.99. The minimum atomic E-state index is -0.0912. The molecule has 0 spiro atoms. The van der Waals surface area contributed by atoms with Gasteiger partial charge in [0, 0.05) is 22.4 Å². The number of aromatic amines is 1. The van der Waals surface area contributed by atoms with Crippen LogP contribution in [0, 0.1) is 0 Å². The van der Waals surface area contributed by atoms with Crippen molar-refractivity contribution in [2.24, 2.45) is 0 Å². The molecule has 4 nitrogen and oxygen atoms in total. The van der Waals surface area contributed by atoms with Crippen LogP contribution in [0.15, 0.2) is 58.8 Å². The molecule has 0 aliphatic heterocycles. The summed E-state index contributed by atoms with van der Waals surface area (Å²) in [6, 6.07) is 14.1. The smallest absolute Gasteiger partial charge is 0.274 e. The number of fused-ring (bicyclic) bond motifs is 1. The zero-order valence-electron chi connectivity index (χ0n) is 13.7. The number of H-pyrrole nitrogens is 1. The molecule has 0 fully saturated rings. The van der Waals surface area contributed by atoms with Gasteiger partial charge in [-0.1, -0.05) is 37.3 Å². The lowest BCUT2D eigenvalue weighted by Crippen LogP contribution is -2.15. The molecule has 1 aromatic carbocycles. The number of hydrogen-bond donors (Lipinski definition) is 1. The lowest BCUT2D eigenvalue weighted by molar-refractivity contribution is 0.888. The maximum Gasteiger partial charge on any atom is 0.274 e. The summed E-state index contributed by atoms with van der Waals surface area (Å²) in [6.45, 7) is 2.11. The van der Waals surface area contributed by atoms with E-state index in [2.05, 4.69) is 40.6 Å². The quantitative estimate of drug-likeness (QED) is 0.558. The van der Waals surface area contributed by atoms with Crippen molar-refractivity contribution in [3.8, 4) is 21.6 Å². The molecule has 0 bridgehead atoms. The fourth-order valence-corrected chi connectivity index (χ4v) is 4.27. The average Bonchev–Trinajstić information content (AvgIpc) is 3.27. The molecule has 4 rings (SSSR count). The van der Waals surface area contributed by atoms with Gasteiger partial charge in [-0.3, -0.25) is 4.79 Å². The minimum absolute atomic E-state index is 0.0912. The number of rotatable bonds is 5. The maximum atomic E-state index is 12.3. The number of nitrogens with zero attached hydrogens (tertiary/aromatic N) is 2. The van der Waals surface area contributed by atoms with E-state index in [1.165, 1.54) is 15.6 Å². The summed E-state index contributed by atoms with van der Waals surface area (Å²) < 4.78 is 1.44. The Hall–Kier alpha value is -2.31. The van der Waals surface area contributed by atoms with Gasteiger partial charge >= 0.3 is 0 Å². The molecule has 126 valence electrons. The van der Waals surface area contributed by atoms with Crippen LogP contribution in [0.4, 0.5) is 0 Å². The zero-order chi connectivity index (χ0) is 17.2. The van der Waals surface area contributed by atoms with E-state index >= 15 is 0 Å². The Morgan fingerprint density at radius 3 is 2.84 bits per heavy atom. The maximum absolute atomic E-state index is 12.3. The SMILES string of the molecule is CCSCc1cc(=O)n2ncc(-c3cc(-c4ccccc4)cs3)c2[nH]1. The summed E-state index contributed by atoms with van der Waals surface area (Å²) in [7, 11) is 0. The fraction of sp³-hybridized carbons (Fsp3) is 0.158. The number of benzene rings is 1. The lowest BCUT2D eigenvalue weighted by atomic mass is 10.1. The molecule has 0 saturated carbocycles. The molecule has 0 atom stereocenters. The van der Waals surface area contributed by atoms with E-state index in [-0.39, 0.29) is 5.56 Å². The number of hydrogen-bond acceptors (Lipinski definition) is 4. The van der Waals surface area contributed by atoms with Crippen molar-refractivity contribution in [2.75, 3.05) is 5.75 Å². The first kappa shape index (κ1) is 16.2. The second kappa shape index (κ2) is 6.90. The number of thioether (sulfide) groups is 1. The highest BCUT2D eigenvalue weighted by molar-refractivity contribution is 7.98. The summed E-state index contributed by atoms with van der Waals surface area (Å²) in [5.41, 5.74) is 4.95. The van der Waals surface area contributed by atoms with Crippen molar-refractivity contribution in [1.82, 2.24) is 14.6 Å². The zero-order valence-corrected chi connectivity index (χ0v) is 15.4. The molecule has 0 radical (unpaired) electrons. The predicted molar refractivity (Wildman–Crippen MR) is 106 cm³/mol. The average molecular weight is 367 g/mol. The van der Waals surface area contributed by atoms with Gasteiger partial charge in [0.1, 0.15) is 5.65 Å². The predicted octanol–water partition coefficient (Wildman–Crippen LogP) is 4.67. The van der Waals surface area contributed by atoms with E-state index in [9.17, 15) is 4.79 Å². The van der Waals surface area contributed by atoms with Crippen molar-refractivity contribution in [1.29, 1.82) is 0 Å². The first-order valence-corrected chi connectivity index (χ1v) is 10.1. The third kappa shape index (κ3) is 3.15.